The average molecular weight is 440 g/mol. The Morgan fingerprint density at radius 3 is 2.71 bits per heavy atom. The van der Waals surface area contributed by atoms with Gasteiger partial charge >= 0.3 is 0 Å². The maximum atomic E-state index is 13.3. The van der Waals surface area contributed by atoms with Crippen molar-refractivity contribution in [3.05, 3.63) is 47.0 Å². The highest BCUT2D eigenvalue weighted by atomic mass is 35.5. The van der Waals surface area contributed by atoms with Crippen LogP contribution in [0.2, 0.25) is 5.02 Å². The normalized spacial score (nSPS) is 12.3. The molecule has 1 amide bonds. The van der Waals surface area contributed by atoms with Crippen molar-refractivity contribution in [2.75, 3.05) is 38.9 Å². The molecule has 1 aromatic heterocycles. The molecule has 0 spiro atoms. The molecule has 2 heterocycles. The largest absolute Gasteiger partial charge is 0.454 e. The van der Waals surface area contributed by atoms with E-state index in [1.54, 1.807) is 29.2 Å². The van der Waals surface area contributed by atoms with Crippen molar-refractivity contribution < 1.29 is 14.3 Å². The Kier molecular flexibility index (Phi) is 6.30. The molecule has 0 unspecified atom stereocenters. The van der Waals surface area contributed by atoms with E-state index in [4.69, 9.17) is 21.1 Å². The van der Waals surface area contributed by atoms with Crippen molar-refractivity contribution in [1.29, 1.82) is 0 Å². The number of benzene rings is 2. The molecule has 148 valence electrons. The lowest BCUT2D eigenvalue weighted by Crippen LogP contribution is -2.36. The highest BCUT2D eigenvalue weighted by Gasteiger charge is 2.24. The van der Waals surface area contributed by atoms with Gasteiger partial charge < -0.3 is 14.4 Å². The Labute approximate surface area is 178 Å². The van der Waals surface area contributed by atoms with Gasteiger partial charge in [-0.05, 0) is 44.4 Å². The zero-order valence-electron chi connectivity index (χ0n) is 15.3. The van der Waals surface area contributed by atoms with E-state index in [9.17, 15) is 4.79 Å². The molecule has 0 aliphatic carbocycles. The predicted molar refractivity (Wildman–Crippen MR) is 115 cm³/mol. The lowest BCUT2D eigenvalue weighted by atomic mass is 10.2. The third-order valence-electron chi connectivity index (χ3n) is 4.22. The standard InChI is InChI=1S/C19H18ClN3O3S.ClH/c1-22(2)8-9-23(19-21-17-13(20)4-3-5-16(17)27-19)18(24)12-6-7-14-15(10-12)26-11-25-14;/h3-7,10H,8-9,11H2,1-2H3;1H. The molecule has 4 rings (SSSR count). The second-order valence-corrected chi connectivity index (χ2v) is 7.83. The Balaban J connectivity index is 0.00000225. The first-order valence-electron chi connectivity index (χ1n) is 8.44. The van der Waals surface area contributed by atoms with Gasteiger partial charge in [0.2, 0.25) is 6.79 Å². The second kappa shape index (κ2) is 8.53. The first-order chi connectivity index (χ1) is 13.0. The Bertz CT molecular complexity index is 1010. The fourth-order valence-corrected chi connectivity index (χ4v) is 4.08. The zero-order valence-corrected chi connectivity index (χ0v) is 17.7. The van der Waals surface area contributed by atoms with Crippen molar-refractivity contribution in [3.63, 3.8) is 0 Å². The highest BCUT2D eigenvalue weighted by Crippen LogP contribution is 2.35. The number of anilines is 1. The monoisotopic (exact) mass is 439 g/mol. The van der Waals surface area contributed by atoms with Gasteiger partial charge in [0, 0.05) is 18.7 Å². The summed E-state index contributed by atoms with van der Waals surface area (Å²) in [5.74, 6) is 1.10. The molecule has 0 bridgehead atoms. The number of aromatic nitrogens is 1. The summed E-state index contributed by atoms with van der Waals surface area (Å²) in [6.45, 7) is 1.39. The summed E-state index contributed by atoms with van der Waals surface area (Å²) in [5, 5.41) is 1.21. The van der Waals surface area contributed by atoms with Crippen LogP contribution in [0.3, 0.4) is 0 Å². The number of para-hydroxylation sites is 1. The Morgan fingerprint density at radius 1 is 1.18 bits per heavy atom. The number of thiazole rings is 1. The number of amides is 1. The maximum Gasteiger partial charge on any atom is 0.260 e. The molecule has 3 aromatic rings. The van der Waals surface area contributed by atoms with E-state index < -0.39 is 0 Å². The molecule has 28 heavy (non-hydrogen) atoms. The number of hydrogen-bond donors (Lipinski definition) is 0. The van der Waals surface area contributed by atoms with Crippen LogP contribution in [0.15, 0.2) is 36.4 Å². The second-order valence-electron chi connectivity index (χ2n) is 6.41. The molecule has 1 aliphatic heterocycles. The SMILES string of the molecule is CN(C)CCN(C(=O)c1ccc2c(c1)OCO2)c1nc2c(Cl)cccc2s1.Cl. The summed E-state index contributed by atoms with van der Waals surface area (Å²) in [6.07, 6.45) is 0. The van der Waals surface area contributed by atoms with Gasteiger partial charge in [-0.15, -0.1) is 12.4 Å². The smallest absolute Gasteiger partial charge is 0.260 e. The number of likely N-dealkylation sites (N-methyl/N-ethyl adjacent to an activating group) is 1. The van der Waals surface area contributed by atoms with Crippen LogP contribution >= 0.6 is 35.3 Å². The topological polar surface area (TPSA) is 54.9 Å². The van der Waals surface area contributed by atoms with Crippen LogP contribution in [-0.2, 0) is 0 Å². The van der Waals surface area contributed by atoms with Crippen LogP contribution in [0, 0.1) is 0 Å². The minimum Gasteiger partial charge on any atom is -0.454 e. The van der Waals surface area contributed by atoms with Gasteiger partial charge in [-0.2, -0.15) is 0 Å². The lowest BCUT2D eigenvalue weighted by molar-refractivity contribution is 0.0984. The van der Waals surface area contributed by atoms with E-state index in [1.165, 1.54) is 11.3 Å². The van der Waals surface area contributed by atoms with Crippen LogP contribution in [0.1, 0.15) is 10.4 Å². The predicted octanol–water partition coefficient (Wildman–Crippen LogP) is 4.31. The van der Waals surface area contributed by atoms with Gasteiger partial charge in [-0.25, -0.2) is 4.98 Å². The number of nitrogens with zero attached hydrogens (tertiary/aromatic N) is 3. The van der Waals surface area contributed by atoms with Crippen LogP contribution in [0.25, 0.3) is 10.2 Å². The van der Waals surface area contributed by atoms with Gasteiger partial charge in [0.25, 0.3) is 5.91 Å². The van der Waals surface area contributed by atoms with Crippen molar-refractivity contribution in [3.8, 4) is 11.5 Å². The zero-order chi connectivity index (χ0) is 19.0. The van der Waals surface area contributed by atoms with Crippen molar-refractivity contribution in [1.82, 2.24) is 9.88 Å². The van der Waals surface area contributed by atoms with Gasteiger partial charge in [-0.1, -0.05) is 29.0 Å². The minimum atomic E-state index is -0.134. The van der Waals surface area contributed by atoms with Crippen LogP contribution < -0.4 is 14.4 Å². The number of ether oxygens (including phenoxy) is 2. The van der Waals surface area contributed by atoms with Gasteiger partial charge in [0.05, 0.1) is 9.72 Å². The molecule has 0 saturated carbocycles. The number of carbonyl (C=O) groups excluding carboxylic acids is 1. The van der Waals surface area contributed by atoms with Gasteiger partial charge in [0.1, 0.15) is 5.52 Å². The Morgan fingerprint density at radius 2 is 1.96 bits per heavy atom. The fourth-order valence-electron chi connectivity index (χ4n) is 2.79. The van der Waals surface area contributed by atoms with E-state index in [-0.39, 0.29) is 25.1 Å². The summed E-state index contributed by atoms with van der Waals surface area (Å²) in [6, 6.07) is 10.9. The maximum absolute atomic E-state index is 13.3. The minimum absolute atomic E-state index is 0. The van der Waals surface area contributed by atoms with Crippen LogP contribution in [-0.4, -0.2) is 49.8 Å². The van der Waals surface area contributed by atoms with Gasteiger partial charge in [0.15, 0.2) is 16.6 Å². The first kappa shape index (κ1) is 20.7. The molecule has 0 atom stereocenters. The number of fused-ring (bicyclic) bond motifs is 2. The third-order valence-corrected chi connectivity index (χ3v) is 5.57. The van der Waals surface area contributed by atoms with E-state index in [0.717, 1.165) is 4.70 Å². The van der Waals surface area contributed by atoms with Crippen molar-refractivity contribution in [2.24, 2.45) is 0 Å². The van der Waals surface area contributed by atoms with E-state index in [0.29, 0.717) is 45.8 Å². The summed E-state index contributed by atoms with van der Waals surface area (Å²) in [5.41, 5.74) is 1.25. The molecule has 0 N–H and O–H groups in total. The quantitative estimate of drug-likeness (QED) is 0.592. The molecule has 0 saturated heterocycles. The number of hydrogen-bond acceptors (Lipinski definition) is 6. The first-order valence-corrected chi connectivity index (χ1v) is 9.63. The van der Waals surface area contributed by atoms with Crippen molar-refractivity contribution in [2.45, 2.75) is 0 Å². The van der Waals surface area contributed by atoms with E-state index in [1.807, 2.05) is 31.1 Å². The lowest BCUT2D eigenvalue weighted by Gasteiger charge is -2.22. The summed E-state index contributed by atoms with van der Waals surface area (Å²) in [7, 11) is 3.94. The Hall–Kier alpha value is -2.06. The highest BCUT2D eigenvalue weighted by molar-refractivity contribution is 7.22. The van der Waals surface area contributed by atoms with Crippen LogP contribution in [0.4, 0.5) is 5.13 Å². The summed E-state index contributed by atoms with van der Waals surface area (Å²) >= 11 is 7.72. The third kappa shape index (κ3) is 4.03. The number of carbonyl (C=O) groups is 1. The molecule has 1 aliphatic rings. The molecule has 2 aromatic carbocycles. The van der Waals surface area contributed by atoms with E-state index in [2.05, 4.69) is 4.98 Å². The molecular formula is C19H19Cl2N3O3S. The number of halogens is 2. The molecule has 9 heteroatoms. The van der Waals surface area contributed by atoms with Gasteiger partial charge in [-0.3, -0.25) is 9.69 Å². The number of rotatable bonds is 5. The average Bonchev–Trinajstić information content (AvgIpc) is 3.28. The molecule has 0 fully saturated rings. The fraction of sp³-hybridized carbons (Fsp3) is 0.263. The molecule has 0 radical (unpaired) electrons. The molecular weight excluding hydrogens is 421 g/mol. The van der Waals surface area contributed by atoms with E-state index >= 15 is 0 Å². The molecule has 6 nitrogen and oxygen atoms in total. The summed E-state index contributed by atoms with van der Waals surface area (Å²) < 4.78 is 11.7. The summed E-state index contributed by atoms with van der Waals surface area (Å²) in [4.78, 5) is 21.6. The van der Waals surface area contributed by atoms with Crippen LogP contribution in [0.5, 0.6) is 11.5 Å². The van der Waals surface area contributed by atoms with Crippen molar-refractivity contribution >= 4 is 56.6 Å².